The molecule has 0 bridgehead atoms. The van der Waals surface area contributed by atoms with Gasteiger partial charge in [-0.1, -0.05) is 133 Å². The van der Waals surface area contributed by atoms with Crippen LogP contribution in [-0.2, 0) is 0 Å². The maximum absolute atomic E-state index is 6.68. The average Bonchev–Trinajstić information content (AvgIpc) is 3.72. The smallest absolute Gasteiger partial charge is 0.146 e. The minimum absolute atomic E-state index is 0.909. The maximum Gasteiger partial charge on any atom is 0.146 e. The van der Waals surface area contributed by atoms with Crippen LogP contribution in [0.5, 0.6) is 0 Å². The summed E-state index contributed by atoms with van der Waals surface area (Å²) in [5.41, 5.74) is 11.6. The molecule has 10 rings (SSSR count). The van der Waals surface area contributed by atoms with Gasteiger partial charge in [0.15, 0.2) is 0 Å². The Bertz CT molecular complexity index is 2750. The summed E-state index contributed by atoms with van der Waals surface area (Å²) in [7, 11) is 0. The monoisotopic (exact) mass is 612 g/mol. The number of fused-ring (bicyclic) bond motifs is 10. The largest absolute Gasteiger partial charge is 0.455 e. The molecule has 3 heterocycles. The lowest BCUT2D eigenvalue weighted by Crippen LogP contribution is -1.95. The van der Waals surface area contributed by atoms with Crippen molar-refractivity contribution in [2.24, 2.45) is 0 Å². The Kier molecular flexibility index (Phi) is 5.87. The van der Waals surface area contributed by atoms with Crippen LogP contribution in [0.3, 0.4) is 0 Å². The molecule has 0 aliphatic rings. The fraction of sp³-hybridized carbons (Fsp3) is 0. The van der Waals surface area contributed by atoms with E-state index in [1.54, 1.807) is 0 Å². The number of rotatable bonds is 4. The van der Waals surface area contributed by atoms with Gasteiger partial charge in [0.05, 0.1) is 27.8 Å². The number of para-hydroxylation sites is 2. The quantitative estimate of drug-likeness (QED) is 0.198. The van der Waals surface area contributed by atoms with Crippen molar-refractivity contribution in [3.8, 4) is 39.3 Å². The topological polar surface area (TPSA) is 31.0 Å². The molecule has 0 amide bonds. The first-order chi connectivity index (χ1) is 23.8. The normalized spacial score (nSPS) is 11.8. The highest BCUT2D eigenvalue weighted by Gasteiger charge is 2.22. The molecular weight excluding hydrogens is 585 g/mol. The van der Waals surface area contributed by atoms with Gasteiger partial charge >= 0.3 is 0 Å². The second-order valence-corrected chi connectivity index (χ2v) is 12.3. The fourth-order valence-corrected chi connectivity index (χ4v) is 7.40. The Balaban J connectivity index is 1.21. The summed E-state index contributed by atoms with van der Waals surface area (Å²) in [5, 5.41) is 7.04. The average molecular weight is 613 g/mol. The summed E-state index contributed by atoms with van der Waals surface area (Å²) in [6.45, 7) is 0. The van der Waals surface area contributed by atoms with E-state index in [4.69, 9.17) is 9.40 Å². The van der Waals surface area contributed by atoms with Gasteiger partial charge in [-0.25, -0.2) is 4.98 Å². The van der Waals surface area contributed by atoms with E-state index in [0.717, 1.165) is 66.7 Å². The number of hydrogen-bond donors (Lipinski definition) is 0. The molecule has 7 aromatic carbocycles. The van der Waals surface area contributed by atoms with Gasteiger partial charge in [0.1, 0.15) is 11.2 Å². The second-order valence-electron chi connectivity index (χ2n) is 12.3. The first kappa shape index (κ1) is 26.7. The van der Waals surface area contributed by atoms with Crippen LogP contribution in [0, 0.1) is 0 Å². The fourth-order valence-electron chi connectivity index (χ4n) is 7.40. The number of pyridine rings is 1. The molecule has 3 aromatic heterocycles. The summed E-state index contributed by atoms with van der Waals surface area (Å²) in [6.07, 6.45) is 0. The van der Waals surface area contributed by atoms with Crippen molar-refractivity contribution in [3.05, 3.63) is 170 Å². The van der Waals surface area contributed by atoms with Gasteiger partial charge in [-0.2, -0.15) is 0 Å². The molecule has 0 saturated carbocycles. The minimum atomic E-state index is 0.909. The lowest BCUT2D eigenvalue weighted by atomic mass is 9.99. The van der Waals surface area contributed by atoms with E-state index in [0.29, 0.717) is 0 Å². The van der Waals surface area contributed by atoms with E-state index in [9.17, 15) is 0 Å². The Hall–Kier alpha value is -6.45. The van der Waals surface area contributed by atoms with Gasteiger partial charge in [-0.15, -0.1) is 0 Å². The second kappa shape index (κ2) is 10.5. The lowest BCUT2D eigenvalue weighted by molar-refractivity contribution is 0.673. The van der Waals surface area contributed by atoms with Crippen LogP contribution in [-0.4, -0.2) is 9.55 Å². The Morgan fingerprint density at radius 2 is 0.979 bits per heavy atom. The third-order valence-electron chi connectivity index (χ3n) is 9.57. The molecular formula is C45H28N2O. The van der Waals surface area contributed by atoms with E-state index in [-0.39, 0.29) is 0 Å². The maximum atomic E-state index is 6.68. The van der Waals surface area contributed by atoms with Crippen molar-refractivity contribution in [2.45, 2.75) is 0 Å². The Labute approximate surface area is 277 Å². The molecule has 3 heteroatoms. The minimum Gasteiger partial charge on any atom is -0.455 e. The van der Waals surface area contributed by atoms with E-state index in [1.807, 2.05) is 12.1 Å². The zero-order valence-corrected chi connectivity index (χ0v) is 26.0. The molecule has 0 aliphatic carbocycles. The van der Waals surface area contributed by atoms with Crippen LogP contribution in [0.4, 0.5) is 0 Å². The number of furan rings is 1. The molecule has 0 fully saturated rings. The van der Waals surface area contributed by atoms with Gasteiger partial charge in [0.2, 0.25) is 0 Å². The molecule has 0 atom stereocenters. The third kappa shape index (κ3) is 4.04. The molecule has 0 aliphatic heterocycles. The van der Waals surface area contributed by atoms with Gasteiger partial charge < -0.3 is 8.98 Å². The predicted molar refractivity (Wildman–Crippen MR) is 200 cm³/mol. The first-order valence-electron chi connectivity index (χ1n) is 16.3. The molecule has 224 valence electrons. The van der Waals surface area contributed by atoms with E-state index >= 15 is 0 Å². The molecule has 0 saturated heterocycles. The van der Waals surface area contributed by atoms with Crippen molar-refractivity contribution >= 4 is 54.5 Å². The van der Waals surface area contributed by atoms with E-state index < -0.39 is 0 Å². The highest BCUT2D eigenvalue weighted by atomic mass is 16.3. The van der Waals surface area contributed by atoms with Gasteiger partial charge in [-0.3, -0.25) is 0 Å². The van der Waals surface area contributed by atoms with Gasteiger partial charge in [0, 0.05) is 38.4 Å². The first-order valence-corrected chi connectivity index (χ1v) is 16.3. The number of aromatic nitrogens is 2. The SMILES string of the molecule is c1ccc(-c2cc(-c3ccccc3)nc(-c3ccc(-n4c5ccccc5c5c6oc7ccccc7c6c6ccccc6c54)cc3)c2)cc1. The highest BCUT2D eigenvalue weighted by Crippen LogP contribution is 2.45. The molecule has 0 unspecified atom stereocenters. The molecule has 0 spiro atoms. The van der Waals surface area contributed by atoms with Crippen molar-refractivity contribution in [1.29, 1.82) is 0 Å². The summed E-state index contributed by atoms with van der Waals surface area (Å²) in [5.74, 6) is 0. The zero-order valence-electron chi connectivity index (χ0n) is 26.0. The summed E-state index contributed by atoms with van der Waals surface area (Å²) < 4.78 is 9.08. The number of benzene rings is 7. The third-order valence-corrected chi connectivity index (χ3v) is 9.57. The molecule has 48 heavy (non-hydrogen) atoms. The van der Waals surface area contributed by atoms with Crippen LogP contribution < -0.4 is 0 Å². The van der Waals surface area contributed by atoms with Crippen LogP contribution in [0.25, 0.3) is 93.8 Å². The summed E-state index contributed by atoms with van der Waals surface area (Å²) >= 11 is 0. The van der Waals surface area contributed by atoms with Crippen LogP contribution >= 0.6 is 0 Å². The standard InChI is InChI=1S/C45H28N2O/c1-3-13-29(14-4-1)32-27-38(30-15-5-2-6-16-30)46-39(28-32)31-23-25-33(26-24-31)47-40-21-11-9-19-36(40)43-44(47)35-18-8-7-17-34(35)42-37-20-10-12-22-41(37)48-45(42)43/h1-28H. The summed E-state index contributed by atoms with van der Waals surface area (Å²) in [4.78, 5) is 5.17. The molecule has 0 N–H and O–H groups in total. The Morgan fingerprint density at radius 3 is 1.71 bits per heavy atom. The van der Waals surface area contributed by atoms with Crippen molar-refractivity contribution in [1.82, 2.24) is 9.55 Å². The number of hydrogen-bond acceptors (Lipinski definition) is 2. The van der Waals surface area contributed by atoms with E-state index in [2.05, 4.69) is 162 Å². The van der Waals surface area contributed by atoms with Crippen molar-refractivity contribution in [2.75, 3.05) is 0 Å². The molecule has 10 aromatic rings. The van der Waals surface area contributed by atoms with Crippen molar-refractivity contribution < 1.29 is 4.42 Å². The lowest BCUT2D eigenvalue weighted by Gasteiger charge is -2.13. The summed E-state index contributed by atoms with van der Waals surface area (Å²) in [6, 6.07) is 59.9. The van der Waals surface area contributed by atoms with Crippen LogP contribution in [0.1, 0.15) is 0 Å². The highest BCUT2D eigenvalue weighted by molar-refractivity contribution is 6.35. The van der Waals surface area contributed by atoms with Crippen LogP contribution in [0.15, 0.2) is 174 Å². The van der Waals surface area contributed by atoms with E-state index in [1.165, 1.54) is 27.1 Å². The predicted octanol–water partition coefficient (Wildman–Crippen LogP) is 12.2. The molecule has 0 radical (unpaired) electrons. The van der Waals surface area contributed by atoms with Gasteiger partial charge in [0.25, 0.3) is 0 Å². The van der Waals surface area contributed by atoms with Crippen LogP contribution in [0.2, 0.25) is 0 Å². The number of nitrogens with zero attached hydrogens (tertiary/aromatic N) is 2. The Morgan fingerprint density at radius 1 is 0.417 bits per heavy atom. The zero-order chi connectivity index (χ0) is 31.6. The molecule has 3 nitrogen and oxygen atoms in total. The van der Waals surface area contributed by atoms with Crippen molar-refractivity contribution in [3.63, 3.8) is 0 Å². The van der Waals surface area contributed by atoms with Gasteiger partial charge in [-0.05, 0) is 52.9 Å².